The van der Waals surface area contributed by atoms with Crippen molar-refractivity contribution >= 4 is 23.4 Å². The van der Waals surface area contributed by atoms with Gasteiger partial charge in [0.2, 0.25) is 0 Å². The lowest BCUT2D eigenvalue weighted by Gasteiger charge is -2.39. The van der Waals surface area contributed by atoms with E-state index in [-0.39, 0.29) is 22.7 Å². The second kappa shape index (κ2) is 6.22. The molecule has 0 bridgehead atoms. The molecule has 0 saturated carbocycles. The molecular formula is C15H19F2NO2S. The second-order valence-corrected chi connectivity index (χ2v) is 6.96. The van der Waals surface area contributed by atoms with Crippen LogP contribution in [0.1, 0.15) is 30.6 Å². The molecule has 1 unspecified atom stereocenters. The van der Waals surface area contributed by atoms with Gasteiger partial charge in [0.25, 0.3) is 0 Å². The normalized spacial score (nSPS) is 20.9. The molecule has 0 amide bonds. The fourth-order valence-corrected chi connectivity index (χ4v) is 3.89. The quantitative estimate of drug-likeness (QED) is 0.863. The third-order valence-corrected chi connectivity index (χ3v) is 4.97. The lowest BCUT2D eigenvalue weighted by Crippen LogP contribution is -2.41. The Morgan fingerprint density at radius 1 is 1.38 bits per heavy atom. The number of carbonyl (C=O) groups is 1. The maximum atomic E-state index is 13.9. The number of benzene rings is 1. The van der Waals surface area contributed by atoms with Gasteiger partial charge >= 0.3 is 5.97 Å². The average Bonchev–Trinajstić information content (AvgIpc) is 2.42. The maximum Gasteiger partial charge on any atom is 0.340 e. The van der Waals surface area contributed by atoms with Crippen molar-refractivity contribution in [2.45, 2.75) is 26.3 Å². The Kier molecular flexibility index (Phi) is 4.76. The topological polar surface area (TPSA) is 38.3 Å². The number of hydrogen-bond acceptors (Lipinski definition) is 4. The Bertz CT molecular complexity index is 549. The van der Waals surface area contributed by atoms with Crippen LogP contribution >= 0.6 is 11.8 Å². The molecule has 0 radical (unpaired) electrons. The van der Waals surface area contributed by atoms with Crippen molar-refractivity contribution in [3.8, 4) is 0 Å². The summed E-state index contributed by atoms with van der Waals surface area (Å²) in [5.41, 5.74) is -0.114. The summed E-state index contributed by atoms with van der Waals surface area (Å²) >= 11 is 1.80. The molecule has 1 fully saturated rings. The van der Waals surface area contributed by atoms with Crippen LogP contribution in [0.25, 0.3) is 0 Å². The van der Waals surface area contributed by atoms with E-state index in [1.54, 1.807) is 11.8 Å². The number of carbonyl (C=O) groups excluding carboxylic acids is 1. The van der Waals surface area contributed by atoms with Crippen molar-refractivity contribution in [2.24, 2.45) is 5.41 Å². The monoisotopic (exact) mass is 315 g/mol. The van der Waals surface area contributed by atoms with E-state index in [2.05, 4.69) is 23.9 Å². The minimum atomic E-state index is -0.915. The number of esters is 1. The summed E-state index contributed by atoms with van der Waals surface area (Å²) in [7, 11) is 1.17. The van der Waals surface area contributed by atoms with Gasteiger partial charge in [-0.2, -0.15) is 11.8 Å². The van der Waals surface area contributed by atoms with Gasteiger partial charge in [0, 0.05) is 17.9 Å². The first-order valence-corrected chi connectivity index (χ1v) is 7.92. The van der Waals surface area contributed by atoms with Gasteiger partial charge in [-0.3, -0.25) is 0 Å². The number of halogens is 2. The lowest BCUT2D eigenvalue weighted by atomic mass is 9.82. The summed E-state index contributed by atoms with van der Waals surface area (Å²) in [6.07, 6.45) is 1.02. The van der Waals surface area contributed by atoms with E-state index < -0.39 is 17.6 Å². The molecule has 1 aromatic rings. The summed E-state index contributed by atoms with van der Waals surface area (Å²) < 4.78 is 32.1. The second-order valence-electron chi connectivity index (χ2n) is 5.81. The molecule has 0 spiro atoms. The number of rotatable bonds is 3. The summed E-state index contributed by atoms with van der Waals surface area (Å²) in [4.78, 5) is 11.5. The zero-order valence-corrected chi connectivity index (χ0v) is 13.2. The Labute approximate surface area is 127 Å². The Morgan fingerprint density at radius 3 is 2.71 bits per heavy atom. The molecule has 6 heteroatoms. The highest BCUT2D eigenvalue weighted by molar-refractivity contribution is 7.99. The van der Waals surface area contributed by atoms with Gasteiger partial charge in [0.15, 0.2) is 0 Å². The molecule has 1 N–H and O–H groups in total. The molecule has 1 heterocycles. The largest absolute Gasteiger partial charge is 0.465 e. The SMILES string of the molecule is COC(=O)c1cc(NC2CSCCC2(C)C)c(F)cc1F. The van der Waals surface area contributed by atoms with E-state index in [9.17, 15) is 13.6 Å². The molecule has 21 heavy (non-hydrogen) atoms. The number of ether oxygens (including phenoxy) is 1. The van der Waals surface area contributed by atoms with Crippen molar-refractivity contribution in [3.05, 3.63) is 29.3 Å². The summed E-state index contributed by atoms with van der Waals surface area (Å²) in [6.45, 7) is 4.24. The highest BCUT2D eigenvalue weighted by atomic mass is 32.2. The van der Waals surface area contributed by atoms with E-state index in [0.29, 0.717) is 0 Å². The molecule has 3 nitrogen and oxygen atoms in total. The molecule has 0 aliphatic carbocycles. The van der Waals surface area contributed by atoms with Gasteiger partial charge in [-0.15, -0.1) is 0 Å². The zero-order valence-electron chi connectivity index (χ0n) is 12.3. The summed E-state index contributed by atoms with van der Waals surface area (Å²) in [5, 5.41) is 3.12. The van der Waals surface area contributed by atoms with Gasteiger partial charge in [0.05, 0.1) is 18.4 Å². The maximum absolute atomic E-state index is 13.9. The average molecular weight is 315 g/mol. The molecule has 1 aliphatic rings. The van der Waals surface area contributed by atoms with Crippen LogP contribution in [0, 0.1) is 17.0 Å². The van der Waals surface area contributed by atoms with Gasteiger partial charge in [-0.1, -0.05) is 13.8 Å². The fourth-order valence-electron chi connectivity index (χ4n) is 2.29. The van der Waals surface area contributed by atoms with Crippen molar-refractivity contribution < 1.29 is 18.3 Å². The fraction of sp³-hybridized carbons (Fsp3) is 0.533. The molecule has 116 valence electrons. The van der Waals surface area contributed by atoms with Crippen LogP contribution in [0.3, 0.4) is 0 Å². The van der Waals surface area contributed by atoms with Crippen LogP contribution in [0.15, 0.2) is 12.1 Å². The van der Waals surface area contributed by atoms with E-state index in [4.69, 9.17) is 0 Å². The van der Waals surface area contributed by atoms with Crippen LogP contribution in [-0.2, 0) is 4.74 Å². The van der Waals surface area contributed by atoms with E-state index in [1.807, 2.05) is 0 Å². The molecule has 1 aromatic carbocycles. The Balaban J connectivity index is 2.29. The summed E-state index contributed by atoms with van der Waals surface area (Å²) in [6, 6.07) is 1.96. The Hall–Kier alpha value is -1.30. The van der Waals surface area contributed by atoms with Crippen molar-refractivity contribution in [1.29, 1.82) is 0 Å². The minimum absolute atomic E-state index is 0.0114. The Morgan fingerprint density at radius 2 is 2.10 bits per heavy atom. The molecule has 1 aliphatic heterocycles. The highest BCUT2D eigenvalue weighted by Crippen LogP contribution is 2.36. The van der Waals surface area contributed by atoms with Crippen molar-refractivity contribution in [2.75, 3.05) is 23.9 Å². The highest BCUT2D eigenvalue weighted by Gasteiger charge is 2.33. The smallest absolute Gasteiger partial charge is 0.340 e. The predicted octanol–water partition coefficient (Wildman–Crippen LogP) is 3.70. The van der Waals surface area contributed by atoms with E-state index >= 15 is 0 Å². The molecule has 1 saturated heterocycles. The van der Waals surface area contributed by atoms with Crippen LogP contribution in [0.2, 0.25) is 0 Å². The van der Waals surface area contributed by atoms with Crippen LogP contribution in [0.5, 0.6) is 0 Å². The van der Waals surface area contributed by atoms with Crippen LogP contribution in [-0.4, -0.2) is 30.6 Å². The number of methoxy groups -OCH3 is 1. The first kappa shape index (κ1) is 16.1. The zero-order chi connectivity index (χ0) is 15.6. The third kappa shape index (κ3) is 3.48. The first-order valence-electron chi connectivity index (χ1n) is 6.77. The molecular weight excluding hydrogens is 296 g/mol. The number of nitrogens with one attached hydrogen (secondary N) is 1. The number of thioether (sulfide) groups is 1. The van der Waals surface area contributed by atoms with Crippen molar-refractivity contribution in [3.63, 3.8) is 0 Å². The van der Waals surface area contributed by atoms with Crippen molar-refractivity contribution in [1.82, 2.24) is 0 Å². The predicted molar refractivity (Wildman–Crippen MR) is 80.8 cm³/mol. The van der Waals surface area contributed by atoms with Crippen LogP contribution in [0.4, 0.5) is 14.5 Å². The van der Waals surface area contributed by atoms with E-state index in [1.165, 1.54) is 13.2 Å². The molecule has 1 atom stereocenters. The number of anilines is 1. The van der Waals surface area contributed by atoms with Gasteiger partial charge in [-0.05, 0) is 23.7 Å². The molecule has 0 aromatic heterocycles. The number of hydrogen-bond donors (Lipinski definition) is 1. The summed E-state index contributed by atoms with van der Waals surface area (Å²) in [5.74, 6) is -0.511. The van der Waals surface area contributed by atoms with Gasteiger partial charge in [-0.25, -0.2) is 13.6 Å². The first-order chi connectivity index (χ1) is 9.85. The molecule has 2 rings (SSSR count). The van der Waals surface area contributed by atoms with Gasteiger partial charge < -0.3 is 10.1 Å². The minimum Gasteiger partial charge on any atom is -0.465 e. The van der Waals surface area contributed by atoms with Gasteiger partial charge in [0.1, 0.15) is 11.6 Å². The van der Waals surface area contributed by atoms with Crippen LogP contribution < -0.4 is 5.32 Å². The van der Waals surface area contributed by atoms with E-state index in [0.717, 1.165) is 24.0 Å². The lowest BCUT2D eigenvalue weighted by molar-refractivity contribution is 0.0595. The third-order valence-electron chi connectivity index (χ3n) is 3.91. The standard InChI is InChI=1S/C15H19F2NO2S/c1-15(2)4-5-21-8-13(15)18-12-6-9(14(19)20-3)10(16)7-11(12)17/h6-7,13,18H,4-5,8H2,1-3H3.